The van der Waals surface area contributed by atoms with Crippen LogP contribution in [-0.4, -0.2) is 49.4 Å². The highest BCUT2D eigenvalue weighted by Gasteiger charge is 2.39. The summed E-state index contributed by atoms with van der Waals surface area (Å²) in [6.45, 7) is 1.73. The first-order chi connectivity index (χ1) is 12.4. The van der Waals surface area contributed by atoms with E-state index in [0.717, 1.165) is 12.0 Å². The number of rotatable bonds is 7. The van der Waals surface area contributed by atoms with Crippen LogP contribution >= 0.6 is 0 Å². The number of hydrogen-bond acceptors (Lipinski definition) is 3. The van der Waals surface area contributed by atoms with Gasteiger partial charge < -0.3 is 4.90 Å². The molecule has 2 aromatic rings. The third kappa shape index (κ3) is 4.71. The molecule has 0 N–H and O–H groups in total. The molecule has 0 spiro atoms. The van der Waals surface area contributed by atoms with Crippen molar-refractivity contribution in [1.82, 2.24) is 9.21 Å². The maximum Gasteiger partial charge on any atom is 0.228 e. The molecule has 0 bridgehead atoms. The lowest BCUT2D eigenvalue weighted by Crippen LogP contribution is -2.56. The second kappa shape index (κ2) is 8.01. The highest BCUT2D eigenvalue weighted by Crippen LogP contribution is 2.22. The quantitative estimate of drug-likeness (QED) is 0.748. The molecule has 2 aromatic carbocycles. The van der Waals surface area contributed by atoms with Crippen LogP contribution in [-0.2, 0) is 27.8 Å². The van der Waals surface area contributed by atoms with Gasteiger partial charge in [0.25, 0.3) is 0 Å². The molecule has 0 saturated carbocycles. The van der Waals surface area contributed by atoms with Crippen LogP contribution in [0.4, 0.5) is 0 Å². The Morgan fingerprint density at radius 3 is 2.08 bits per heavy atom. The summed E-state index contributed by atoms with van der Waals surface area (Å²) >= 11 is 0. The van der Waals surface area contributed by atoms with E-state index in [-0.39, 0.29) is 24.9 Å². The molecule has 1 fully saturated rings. The smallest absolute Gasteiger partial charge is 0.228 e. The zero-order chi connectivity index (χ0) is 18.6. The van der Waals surface area contributed by atoms with Crippen molar-refractivity contribution in [3.63, 3.8) is 0 Å². The molecule has 0 aliphatic carbocycles. The number of amides is 1. The Balaban J connectivity index is 1.67. The summed E-state index contributed by atoms with van der Waals surface area (Å²) in [4.78, 5) is 14.8. The highest BCUT2D eigenvalue weighted by atomic mass is 32.2. The third-order valence-corrected chi connectivity index (χ3v) is 5.94. The monoisotopic (exact) mass is 372 g/mol. The minimum Gasteiger partial charge on any atom is -0.338 e. The predicted molar refractivity (Wildman–Crippen MR) is 102 cm³/mol. The van der Waals surface area contributed by atoms with E-state index in [1.807, 2.05) is 53.4 Å². The Hall–Kier alpha value is -2.18. The molecular formula is C20H24N2O3S. The maximum atomic E-state index is 12.9. The number of carbonyl (C=O) groups excluding carboxylic acids is 1. The predicted octanol–water partition coefficient (Wildman–Crippen LogP) is 2.15. The summed E-state index contributed by atoms with van der Waals surface area (Å²) in [6, 6.07) is 20.0. The van der Waals surface area contributed by atoms with E-state index in [4.69, 9.17) is 0 Å². The van der Waals surface area contributed by atoms with Gasteiger partial charge in [0.1, 0.15) is 0 Å². The summed E-state index contributed by atoms with van der Waals surface area (Å²) in [5.74, 6) is -0.214. The summed E-state index contributed by atoms with van der Waals surface area (Å²) in [5, 5.41) is 0. The summed E-state index contributed by atoms with van der Waals surface area (Å²) in [7, 11) is -3.21. The average molecular weight is 372 g/mol. The zero-order valence-electron chi connectivity index (χ0n) is 14.9. The lowest BCUT2D eigenvalue weighted by molar-refractivity contribution is -0.139. The van der Waals surface area contributed by atoms with Gasteiger partial charge in [-0.05, 0) is 17.5 Å². The van der Waals surface area contributed by atoms with Crippen molar-refractivity contribution in [2.75, 3.05) is 25.9 Å². The van der Waals surface area contributed by atoms with Crippen LogP contribution in [0.5, 0.6) is 0 Å². The van der Waals surface area contributed by atoms with E-state index in [1.54, 1.807) is 0 Å². The van der Waals surface area contributed by atoms with Gasteiger partial charge in [0, 0.05) is 26.2 Å². The van der Waals surface area contributed by atoms with Crippen molar-refractivity contribution >= 4 is 15.9 Å². The van der Waals surface area contributed by atoms with E-state index >= 15 is 0 Å². The summed E-state index contributed by atoms with van der Waals surface area (Å²) in [6.07, 6.45) is 1.97. The Morgan fingerprint density at radius 2 is 1.54 bits per heavy atom. The number of nitrogens with zero attached hydrogens (tertiary/aromatic N) is 2. The maximum absolute atomic E-state index is 12.9. The van der Waals surface area contributed by atoms with Crippen molar-refractivity contribution < 1.29 is 13.2 Å². The topological polar surface area (TPSA) is 57.7 Å². The molecule has 1 saturated heterocycles. The Morgan fingerprint density at radius 1 is 1.00 bits per heavy atom. The first-order valence-corrected chi connectivity index (χ1v) is 10.6. The van der Waals surface area contributed by atoms with Crippen LogP contribution in [0.15, 0.2) is 60.7 Å². The fraction of sp³-hybridized carbons (Fsp3) is 0.350. The van der Waals surface area contributed by atoms with E-state index in [0.29, 0.717) is 13.1 Å². The van der Waals surface area contributed by atoms with Gasteiger partial charge in [-0.25, -0.2) is 12.7 Å². The molecule has 138 valence electrons. The molecule has 1 aliphatic heterocycles. The largest absolute Gasteiger partial charge is 0.338 e. The molecule has 3 rings (SSSR count). The van der Waals surface area contributed by atoms with E-state index in [2.05, 4.69) is 12.1 Å². The Kier molecular flexibility index (Phi) is 5.74. The molecule has 1 amide bonds. The molecule has 5 nitrogen and oxygen atoms in total. The third-order valence-electron chi connectivity index (χ3n) is 4.71. The van der Waals surface area contributed by atoms with Gasteiger partial charge in [-0.1, -0.05) is 60.7 Å². The second-order valence-corrected chi connectivity index (χ2v) is 8.74. The van der Waals surface area contributed by atoms with Gasteiger partial charge >= 0.3 is 0 Å². The average Bonchev–Trinajstić information content (AvgIpc) is 2.57. The van der Waals surface area contributed by atoms with Crippen molar-refractivity contribution in [2.45, 2.75) is 13.0 Å². The molecule has 0 aromatic heterocycles. The van der Waals surface area contributed by atoms with Crippen LogP contribution in [0, 0.1) is 5.92 Å². The van der Waals surface area contributed by atoms with Crippen molar-refractivity contribution in [1.29, 1.82) is 0 Å². The lowest BCUT2D eigenvalue weighted by atomic mass is 10.0. The van der Waals surface area contributed by atoms with Crippen molar-refractivity contribution in [2.24, 2.45) is 5.92 Å². The number of benzene rings is 2. The Labute approximate surface area is 155 Å². The van der Waals surface area contributed by atoms with E-state index in [1.165, 1.54) is 16.1 Å². The van der Waals surface area contributed by atoms with Gasteiger partial charge in [0.2, 0.25) is 15.9 Å². The van der Waals surface area contributed by atoms with Crippen LogP contribution < -0.4 is 0 Å². The standard InChI is InChI=1S/C20H24N2O3S/c1-26(24,25)22-15-19(16-22)20(23)21(14-18-10-6-3-7-11-18)13-12-17-8-4-2-5-9-17/h2-11,19H,12-16H2,1H3. The zero-order valence-corrected chi connectivity index (χ0v) is 15.7. The normalized spacial score (nSPS) is 15.4. The summed E-state index contributed by atoms with van der Waals surface area (Å²) in [5.41, 5.74) is 2.26. The minimum atomic E-state index is -3.21. The van der Waals surface area contributed by atoms with Gasteiger partial charge in [-0.15, -0.1) is 0 Å². The minimum absolute atomic E-state index is 0.0321. The fourth-order valence-corrected chi connectivity index (χ4v) is 4.00. The molecule has 0 radical (unpaired) electrons. The number of carbonyl (C=O) groups is 1. The molecular weight excluding hydrogens is 348 g/mol. The Bertz CT molecular complexity index is 832. The van der Waals surface area contributed by atoms with Gasteiger partial charge in [-0.3, -0.25) is 4.79 Å². The molecule has 26 heavy (non-hydrogen) atoms. The fourth-order valence-electron chi connectivity index (χ4n) is 3.10. The van der Waals surface area contributed by atoms with E-state index < -0.39 is 10.0 Å². The second-order valence-electron chi connectivity index (χ2n) is 6.76. The molecule has 1 heterocycles. The van der Waals surface area contributed by atoms with Crippen molar-refractivity contribution in [3.05, 3.63) is 71.8 Å². The van der Waals surface area contributed by atoms with Gasteiger partial charge in [-0.2, -0.15) is 0 Å². The molecule has 0 atom stereocenters. The first-order valence-electron chi connectivity index (χ1n) is 8.75. The lowest BCUT2D eigenvalue weighted by Gasteiger charge is -2.39. The van der Waals surface area contributed by atoms with Crippen LogP contribution in [0.25, 0.3) is 0 Å². The highest BCUT2D eigenvalue weighted by molar-refractivity contribution is 7.88. The van der Waals surface area contributed by atoms with Gasteiger partial charge in [0.05, 0.1) is 12.2 Å². The van der Waals surface area contributed by atoms with Gasteiger partial charge in [0.15, 0.2) is 0 Å². The molecule has 0 unspecified atom stereocenters. The number of hydrogen-bond donors (Lipinski definition) is 0. The summed E-state index contributed by atoms with van der Waals surface area (Å²) < 4.78 is 24.5. The van der Waals surface area contributed by atoms with Crippen LogP contribution in [0.1, 0.15) is 11.1 Å². The molecule has 6 heteroatoms. The van der Waals surface area contributed by atoms with Crippen molar-refractivity contribution in [3.8, 4) is 0 Å². The number of sulfonamides is 1. The van der Waals surface area contributed by atoms with Crippen LogP contribution in [0.3, 0.4) is 0 Å². The molecule has 1 aliphatic rings. The van der Waals surface area contributed by atoms with E-state index in [9.17, 15) is 13.2 Å². The van der Waals surface area contributed by atoms with Crippen LogP contribution in [0.2, 0.25) is 0 Å². The first kappa shape index (κ1) is 18.6. The SMILES string of the molecule is CS(=O)(=O)N1CC(C(=O)N(CCc2ccccc2)Cc2ccccc2)C1.